The predicted octanol–water partition coefficient (Wildman–Crippen LogP) is 3.67. The molecule has 1 aliphatic rings. The Hall–Kier alpha value is -3.21. The third-order valence-corrected chi connectivity index (χ3v) is 4.26. The van der Waals surface area contributed by atoms with Crippen LogP contribution < -0.4 is 10.2 Å². The van der Waals surface area contributed by atoms with Gasteiger partial charge in [-0.05, 0) is 61.4 Å². The van der Waals surface area contributed by atoms with Gasteiger partial charge in [-0.3, -0.25) is 14.4 Å². The van der Waals surface area contributed by atoms with Crippen LogP contribution in [0.3, 0.4) is 0 Å². The monoisotopic (exact) mass is 348 g/mol. The number of ketones is 1. The van der Waals surface area contributed by atoms with Gasteiger partial charge >= 0.3 is 0 Å². The minimum atomic E-state index is -0.251. The van der Waals surface area contributed by atoms with Crippen molar-refractivity contribution in [2.24, 2.45) is 0 Å². The van der Waals surface area contributed by atoms with Gasteiger partial charge in [0.1, 0.15) is 0 Å². The first kappa shape index (κ1) is 17.6. The zero-order valence-corrected chi connectivity index (χ0v) is 14.6. The number of amides is 2. The fourth-order valence-electron chi connectivity index (χ4n) is 2.83. The average Bonchev–Trinajstić information content (AvgIpc) is 3.07. The highest BCUT2D eigenvalue weighted by Crippen LogP contribution is 2.22. The molecule has 0 unspecified atom stereocenters. The number of anilines is 2. The third kappa shape index (κ3) is 4.25. The molecular formula is C21H20N2O3. The number of hydrogen-bond acceptors (Lipinski definition) is 3. The Bertz CT molecular complexity index is 852. The Morgan fingerprint density at radius 1 is 1.04 bits per heavy atom. The minimum absolute atomic E-state index is 0.0122. The second-order valence-corrected chi connectivity index (χ2v) is 6.20. The van der Waals surface area contributed by atoms with Crippen LogP contribution in [0.2, 0.25) is 0 Å². The summed E-state index contributed by atoms with van der Waals surface area (Å²) >= 11 is 0. The number of nitrogens with zero attached hydrogens (tertiary/aromatic N) is 1. The first-order valence-corrected chi connectivity index (χ1v) is 8.53. The van der Waals surface area contributed by atoms with E-state index in [0.29, 0.717) is 17.7 Å². The fraction of sp³-hybridized carbons (Fsp3) is 0.190. The Labute approximate surface area is 152 Å². The lowest BCUT2D eigenvalue weighted by Crippen LogP contribution is -2.23. The van der Waals surface area contributed by atoms with Crippen molar-refractivity contribution < 1.29 is 14.4 Å². The SMILES string of the molecule is CC(=O)c1ccc(NC(=O)/C=C/c2ccc(N3CCCC3=O)cc2)cc1. The van der Waals surface area contributed by atoms with Gasteiger partial charge in [0.05, 0.1) is 0 Å². The van der Waals surface area contributed by atoms with Gasteiger partial charge in [0, 0.05) is 36.0 Å². The first-order chi connectivity index (χ1) is 12.5. The molecule has 1 saturated heterocycles. The smallest absolute Gasteiger partial charge is 0.248 e. The highest BCUT2D eigenvalue weighted by Gasteiger charge is 2.21. The zero-order valence-electron chi connectivity index (χ0n) is 14.6. The van der Waals surface area contributed by atoms with Crippen molar-refractivity contribution in [3.63, 3.8) is 0 Å². The van der Waals surface area contributed by atoms with Crippen molar-refractivity contribution in [3.8, 4) is 0 Å². The molecule has 0 saturated carbocycles. The van der Waals surface area contributed by atoms with Crippen LogP contribution in [0.25, 0.3) is 6.08 Å². The van der Waals surface area contributed by atoms with Gasteiger partial charge in [-0.1, -0.05) is 12.1 Å². The fourth-order valence-corrected chi connectivity index (χ4v) is 2.83. The molecule has 1 N–H and O–H groups in total. The van der Waals surface area contributed by atoms with E-state index in [-0.39, 0.29) is 17.6 Å². The Balaban J connectivity index is 1.59. The van der Waals surface area contributed by atoms with E-state index in [1.54, 1.807) is 35.2 Å². The van der Waals surface area contributed by atoms with Crippen LogP contribution in [-0.2, 0) is 9.59 Å². The molecule has 0 atom stereocenters. The van der Waals surface area contributed by atoms with Gasteiger partial charge in [-0.15, -0.1) is 0 Å². The normalized spacial score (nSPS) is 14.0. The molecule has 1 aliphatic heterocycles. The third-order valence-electron chi connectivity index (χ3n) is 4.26. The quantitative estimate of drug-likeness (QED) is 0.662. The van der Waals surface area contributed by atoms with Crippen molar-refractivity contribution in [1.29, 1.82) is 0 Å². The molecule has 0 aliphatic carbocycles. The van der Waals surface area contributed by atoms with E-state index in [2.05, 4.69) is 5.32 Å². The van der Waals surface area contributed by atoms with E-state index < -0.39 is 0 Å². The van der Waals surface area contributed by atoms with Crippen molar-refractivity contribution in [1.82, 2.24) is 0 Å². The number of carbonyl (C=O) groups is 3. The lowest BCUT2D eigenvalue weighted by atomic mass is 10.1. The largest absolute Gasteiger partial charge is 0.323 e. The molecule has 1 heterocycles. The van der Waals surface area contributed by atoms with Crippen molar-refractivity contribution >= 4 is 35.0 Å². The van der Waals surface area contributed by atoms with Gasteiger partial charge < -0.3 is 10.2 Å². The van der Waals surface area contributed by atoms with E-state index in [4.69, 9.17) is 0 Å². The van der Waals surface area contributed by atoms with Gasteiger partial charge in [0.15, 0.2) is 5.78 Å². The standard InChI is InChI=1S/C21H20N2O3/c1-15(24)17-7-9-18(10-8-17)22-20(25)13-6-16-4-11-19(12-5-16)23-14-2-3-21(23)26/h4-13H,2-3,14H2,1H3,(H,22,25)/b13-6+. The van der Waals surface area contributed by atoms with Gasteiger partial charge in [-0.2, -0.15) is 0 Å². The van der Waals surface area contributed by atoms with Crippen molar-refractivity contribution in [3.05, 3.63) is 65.7 Å². The summed E-state index contributed by atoms with van der Waals surface area (Å²) in [6, 6.07) is 14.3. The Morgan fingerprint density at radius 2 is 1.73 bits per heavy atom. The molecule has 3 rings (SSSR count). The Morgan fingerprint density at radius 3 is 2.31 bits per heavy atom. The van der Waals surface area contributed by atoms with Crippen LogP contribution in [0.15, 0.2) is 54.6 Å². The maximum Gasteiger partial charge on any atom is 0.248 e. The number of benzene rings is 2. The van der Waals surface area contributed by atoms with Crippen LogP contribution in [-0.4, -0.2) is 24.1 Å². The van der Waals surface area contributed by atoms with Gasteiger partial charge in [0.25, 0.3) is 0 Å². The molecule has 0 spiro atoms. The molecule has 2 aromatic rings. The number of Topliss-reactive ketones (excluding diaryl/α,β-unsaturated/α-hetero) is 1. The summed E-state index contributed by atoms with van der Waals surface area (Å²) in [6.07, 6.45) is 4.67. The predicted molar refractivity (Wildman–Crippen MR) is 102 cm³/mol. The maximum absolute atomic E-state index is 12.0. The van der Waals surface area contributed by atoms with Crippen LogP contribution in [0, 0.1) is 0 Å². The summed E-state index contributed by atoms with van der Waals surface area (Å²) in [7, 11) is 0. The molecule has 26 heavy (non-hydrogen) atoms. The summed E-state index contributed by atoms with van der Waals surface area (Å²) in [4.78, 5) is 36.8. The van der Waals surface area contributed by atoms with Crippen LogP contribution in [0.1, 0.15) is 35.7 Å². The molecule has 1 fully saturated rings. The highest BCUT2D eigenvalue weighted by molar-refractivity contribution is 6.02. The summed E-state index contributed by atoms with van der Waals surface area (Å²) in [6.45, 7) is 2.26. The number of hydrogen-bond donors (Lipinski definition) is 1. The van der Waals surface area contributed by atoms with Crippen LogP contribution >= 0.6 is 0 Å². The first-order valence-electron chi connectivity index (χ1n) is 8.53. The van der Waals surface area contributed by atoms with Crippen molar-refractivity contribution in [2.45, 2.75) is 19.8 Å². The molecular weight excluding hydrogens is 328 g/mol. The lowest BCUT2D eigenvalue weighted by Gasteiger charge is -2.15. The van der Waals surface area contributed by atoms with Gasteiger partial charge in [-0.25, -0.2) is 0 Å². The number of carbonyl (C=O) groups excluding carboxylic acids is 3. The van der Waals surface area contributed by atoms with E-state index >= 15 is 0 Å². The molecule has 5 nitrogen and oxygen atoms in total. The average molecular weight is 348 g/mol. The topological polar surface area (TPSA) is 66.5 Å². The van der Waals surface area contributed by atoms with Crippen molar-refractivity contribution in [2.75, 3.05) is 16.8 Å². The minimum Gasteiger partial charge on any atom is -0.323 e. The van der Waals surface area contributed by atoms with E-state index in [0.717, 1.165) is 24.2 Å². The van der Waals surface area contributed by atoms with E-state index in [1.165, 1.54) is 13.0 Å². The molecule has 0 radical (unpaired) electrons. The molecule has 0 bridgehead atoms. The molecule has 5 heteroatoms. The molecule has 0 aromatic heterocycles. The van der Waals surface area contributed by atoms with Crippen LogP contribution in [0.4, 0.5) is 11.4 Å². The summed E-state index contributed by atoms with van der Waals surface area (Å²) in [5, 5.41) is 2.75. The molecule has 132 valence electrons. The second kappa shape index (κ2) is 7.78. The summed E-state index contributed by atoms with van der Waals surface area (Å²) < 4.78 is 0. The zero-order chi connectivity index (χ0) is 18.5. The van der Waals surface area contributed by atoms with Crippen LogP contribution in [0.5, 0.6) is 0 Å². The molecule has 2 aromatic carbocycles. The summed E-state index contributed by atoms with van der Waals surface area (Å²) in [5.74, 6) is -0.107. The second-order valence-electron chi connectivity index (χ2n) is 6.20. The highest BCUT2D eigenvalue weighted by atomic mass is 16.2. The number of rotatable bonds is 5. The lowest BCUT2D eigenvalue weighted by molar-refractivity contribution is -0.117. The Kier molecular flexibility index (Phi) is 5.27. The van der Waals surface area contributed by atoms with E-state index in [9.17, 15) is 14.4 Å². The number of nitrogens with one attached hydrogen (secondary N) is 1. The molecule has 2 amide bonds. The van der Waals surface area contributed by atoms with Gasteiger partial charge in [0.2, 0.25) is 11.8 Å². The summed E-state index contributed by atoms with van der Waals surface area (Å²) in [5.41, 5.74) is 3.00. The van der Waals surface area contributed by atoms with E-state index in [1.807, 2.05) is 24.3 Å². The maximum atomic E-state index is 12.0.